The molecule has 4 nitrogen and oxygen atoms in total. The SMILES string of the molecule is COCC(C)N(C)C(=O)c1cc(C)ccc1N. The zero-order chi connectivity index (χ0) is 13.0. The number of carbonyl (C=O) groups excluding carboxylic acids is 1. The summed E-state index contributed by atoms with van der Waals surface area (Å²) < 4.78 is 5.04. The molecule has 0 radical (unpaired) electrons. The second kappa shape index (κ2) is 5.68. The summed E-state index contributed by atoms with van der Waals surface area (Å²) in [5, 5.41) is 0. The fourth-order valence-corrected chi connectivity index (χ4v) is 1.60. The van der Waals surface area contributed by atoms with Crippen molar-refractivity contribution in [3.63, 3.8) is 0 Å². The van der Waals surface area contributed by atoms with Gasteiger partial charge in [-0.1, -0.05) is 11.6 Å². The molecule has 4 heteroatoms. The lowest BCUT2D eigenvalue weighted by molar-refractivity contribution is 0.0634. The highest BCUT2D eigenvalue weighted by Crippen LogP contribution is 2.16. The van der Waals surface area contributed by atoms with E-state index in [0.717, 1.165) is 5.56 Å². The van der Waals surface area contributed by atoms with Gasteiger partial charge in [-0.05, 0) is 26.0 Å². The number of rotatable bonds is 4. The van der Waals surface area contributed by atoms with E-state index < -0.39 is 0 Å². The van der Waals surface area contributed by atoms with Crippen molar-refractivity contribution >= 4 is 11.6 Å². The lowest BCUT2D eigenvalue weighted by Gasteiger charge is -2.25. The van der Waals surface area contributed by atoms with E-state index in [1.807, 2.05) is 26.0 Å². The number of ether oxygens (including phenoxy) is 1. The molecular formula is C13H20N2O2. The van der Waals surface area contributed by atoms with Crippen molar-refractivity contribution < 1.29 is 9.53 Å². The van der Waals surface area contributed by atoms with E-state index in [1.165, 1.54) is 0 Å². The number of nitrogens with two attached hydrogens (primary N) is 1. The highest BCUT2D eigenvalue weighted by atomic mass is 16.5. The molecule has 0 aliphatic heterocycles. The molecule has 0 saturated carbocycles. The number of methoxy groups -OCH3 is 1. The largest absolute Gasteiger partial charge is 0.398 e. The first-order valence-corrected chi connectivity index (χ1v) is 5.59. The van der Waals surface area contributed by atoms with Crippen LogP contribution in [0.25, 0.3) is 0 Å². The maximum absolute atomic E-state index is 12.2. The Morgan fingerprint density at radius 1 is 1.53 bits per heavy atom. The third-order valence-electron chi connectivity index (χ3n) is 2.83. The molecule has 0 spiro atoms. The van der Waals surface area contributed by atoms with Gasteiger partial charge in [0.15, 0.2) is 0 Å². The quantitative estimate of drug-likeness (QED) is 0.809. The van der Waals surface area contributed by atoms with E-state index in [2.05, 4.69) is 0 Å². The van der Waals surface area contributed by atoms with Gasteiger partial charge in [0, 0.05) is 19.8 Å². The molecule has 0 aliphatic carbocycles. The van der Waals surface area contributed by atoms with Crippen molar-refractivity contribution in [2.45, 2.75) is 19.9 Å². The Morgan fingerprint density at radius 2 is 2.18 bits per heavy atom. The Morgan fingerprint density at radius 3 is 2.76 bits per heavy atom. The standard InChI is InChI=1S/C13H20N2O2/c1-9-5-6-12(14)11(7-9)13(16)15(3)10(2)8-17-4/h5-7,10H,8,14H2,1-4H3. The first-order chi connectivity index (χ1) is 7.97. The van der Waals surface area contributed by atoms with Crippen LogP contribution in [0.3, 0.4) is 0 Å². The summed E-state index contributed by atoms with van der Waals surface area (Å²) >= 11 is 0. The molecular weight excluding hydrogens is 216 g/mol. The molecule has 1 amide bonds. The number of amides is 1. The molecule has 0 fully saturated rings. The zero-order valence-corrected chi connectivity index (χ0v) is 10.9. The summed E-state index contributed by atoms with van der Waals surface area (Å²) in [6.07, 6.45) is 0. The van der Waals surface area contributed by atoms with Gasteiger partial charge in [-0.25, -0.2) is 0 Å². The van der Waals surface area contributed by atoms with Gasteiger partial charge in [0.25, 0.3) is 5.91 Å². The van der Waals surface area contributed by atoms with Gasteiger partial charge < -0.3 is 15.4 Å². The third kappa shape index (κ3) is 3.20. The summed E-state index contributed by atoms with van der Waals surface area (Å²) in [6, 6.07) is 5.49. The number of carbonyl (C=O) groups is 1. The molecule has 94 valence electrons. The molecule has 1 rings (SSSR count). The molecule has 1 unspecified atom stereocenters. The van der Waals surface area contributed by atoms with Crippen molar-refractivity contribution in [2.75, 3.05) is 26.5 Å². The van der Waals surface area contributed by atoms with Crippen LogP contribution in [0.1, 0.15) is 22.8 Å². The van der Waals surface area contributed by atoms with Crippen LogP contribution in [-0.2, 0) is 4.74 Å². The Bertz CT molecular complexity index is 404. The van der Waals surface area contributed by atoms with Gasteiger partial charge >= 0.3 is 0 Å². The average molecular weight is 236 g/mol. The van der Waals surface area contributed by atoms with Crippen LogP contribution in [0.15, 0.2) is 18.2 Å². The van der Waals surface area contributed by atoms with Crippen molar-refractivity contribution in [3.05, 3.63) is 29.3 Å². The second-order valence-corrected chi connectivity index (χ2v) is 4.31. The monoisotopic (exact) mass is 236 g/mol. The molecule has 0 heterocycles. The lowest BCUT2D eigenvalue weighted by Crippen LogP contribution is -2.38. The van der Waals surface area contributed by atoms with E-state index in [-0.39, 0.29) is 11.9 Å². The Kier molecular flexibility index (Phi) is 4.52. The van der Waals surface area contributed by atoms with Crippen LogP contribution in [0.2, 0.25) is 0 Å². The number of hydrogen-bond donors (Lipinski definition) is 1. The number of nitrogen functional groups attached to an aromatic ring is 1. The van der Waals surface area contributed by atoms with Crippen molar-refractivity contribution in [2.24, 2.45) is 0 Å². The molecule has 0 aliphatic rings. The lowest BCUT2D eigenvalue weighted by atomic mass is 10.1. The van der Waals surface area contributed by atoms with E-state index >= 15 is 0 Å². The normalized spacial score (nSPS) is 12.2. The van der Waals surface area contributed by atoms with Crippen molar-refractivity contribution in [1.29, 1.82) is 0 Å². The predicted octanol–water partition coefficient (Wildman–Crippen LogP) is 1.68. The number of hydrogen-bond acceptors (Lipinski definition) is 3. The van der Waals surface area contributed by atoms with E-state index in [0.29, 0.717) is 17.9 Å². The third-order valence-corrected chi connectivity index (χ3v) is 2.83. The van der Waals surface area contributed by atoms with Gasteiger partial charge in [-0.3, -0.25) is 4.79 Å². The second-order valence-electron chi connectivity index (χ2n) is 4.31. The van der Waals surface area contributed by atoms with Gasteiger partial charge in [0.1, 0.15) is 0 Å². The van der Waals surface area contributed by atoms with Gasteiger partial charge in [0.05, 0.1) is 18.2 Å². The topological polar surface area (TPSA) is 55.6 Å². The minimum absolute atomic E-state index is 0.0208. The number of nitrogens with zero attached hydrogens (tertiary/aromatic N) is 1. The van der Waals surface area contributed by atoms with Crippen LogP contribution in [0.5, 0.6) is 0 Å². The van der Waals surface area contributed by atoms with Crippen LogP contribution in [0.4, 0.5) is 5.69 Å². The molecule has 1 aromatic rings. The molecule has 2 N–H and O–H groups in total. The van der Waals surface area contributed by atoms with Crippen molar-refractivity contribution in [1.82, 2.24) is 4.90 Å². The predicted molar refractivity (Wildman–Crippen MR) is 69.0 cm³/mol. The maximum Gasteiger partial charge on any atom is 0.256 e. The Labute approximate surface area is 102 Å². The van der Waals surface area contributed by atoms with E-state index in [1.54, 1.807) is 25.1 Å². The van der Waals surface area contributed by atoms with Crippen LogP contribution >= 0.6 is 0 Å². The summed E-state index contributed by atoms with van der Waals surface area (Å²) in [5.74, 6) is -0.0734. The van der Waals surface area contributed by atoms with Gasteiger partial charge in [0.2, 0.25) is 0 Å². The molecule has 0 bridgehead atoms. The summed E-state index contributed by atoms with van der Waals surface area (Å²) in [5.41, 5.74) is 7.91. The minimum atomic E-state index is -0.0734. The summed E-state index contributed by atoms with van der Waals surface area (Å²) in [4.78, 5) is 13.9. The van der Waals surface area contributed by atoms with Crippen LogP contribution in [0, 0.1) is 6.92 Å². The first kappa shape index (κ1) is 13.5. The van der Waals surface area contributed by atoms with E-state index in [4.69, 9.17) is 10.5 Å². The van der Waals surface area contributed by atoms with Crippen LogP contribution in [-0.4, -0.2) is 37.6 Å². The molecule has 0 saturated heterocycles. The van der Waals surface area contributed by atoms with E-state index in [9.17, 15) is 4.79 Å². The number of aryl methyl sites for hydroxylation is 1. The fourth-order valence-electron chi connectivity index (χ4n) is 1.60. The Hall–Kier alpha value is -1.55. The molecule has 0 aromatic heterocycles. The highest BCUT2D eigenvalue weighted by molar-refractivity contribution is 5.99. The number of benzene rings is 1. The molecule has 1 atom stereocenters. The number of likely N-dealkylation sites (N-methyl/N-ethyl adjacent to an activating group) is 1. The highest BCUT2D eigenvalue weighted by Gasteiger charge is 2.19. The average Bonchev–Trinajstić information content (AvgIpc) is 2.30. The summed E-state index contributed by atoms with van der Waals surface area (Å²) in [7, 11) is 3.38. The van der Waals surface area contributed by atoms with Crippen molar-refractivity contribution in [3.8, 4) is 0 Å². The first-order valence-electron chi connectivity index (χ1n) is 5.59. The summed E-state index contributed by atoms with van der Waals surface area (Å²) in [6.45, 7) is 4.39. The molecule has 1 aromatic carbocycles. The maximum atomic E-state index is 12.2. The minimum Gasteiger partial charge on any atom is -0.398 e. The van der Waals surface area contributed by atoms with Gasteiger partial charge in [-0.15, -0.1) is 0 Å². The number of anilines is 1. The van der Waals surface area contributed by atoms with Crippen LogP contribution < -0.4 is 5.73 Å². The smallest absolute Gasteiger partial charge is 0.256 e. The zero-order valence-electron chi connectivity index (χ0n) is 10.9. The Balaban J connectivity index is 2.92. The van der Waals surface area contributed by atoms with Gasteiger partial charge in [-0.2, -0.15) is 0 Å². The molecule has 17 heavy (non-hydrogen) atoms. The fraction of sp³-hybridized carbons (Fsp3) is 0.462.